The number of methoxy groups -OCH3 is 1. The largest absolute Gasteiger partial charge is 0.493 e. The number of rotatable bonds is 7. The van der Waals surface area contributed by atoms with Gasteiger partial charge in [-0.25, -0.2) is 9.82 Å². The van der Waals surface area contributed by atoms with E-state index in [1.165, 1.54) is 31.0 Å². The first-order valence-corrected chi connectivity index (χ1v) is 9.39. The summed E-state index contributed by atoms with van der Waals surface area (Å²) in [6, 6.07) is 18.7. The average molecular weight is 417 g/mol. The summed E-state index contributed by atoms with van der Waals surface area (Å²) < 4.78 is 25.1. The van der Waals surface area contributed by atoms with Crippen molar-refractivity contribution < 1.29 is 18.7 Å². The Morgan fingerprint density at radius 1 is 1.13 bits per heavy atom. The molecule has 3 aromatic rings. The van der Waals surface area contributed by atoms with E-state index in [-0.39, 0.29) is 11.1 Å². The van der Waals surface area contributed by atoms with Crippen molar-refractivity contribution in [3.63, 3.8) is 0 Å². The lowest BCUT2D eigenvalue weighted by atomic mass is 10.1. The summed E-state index contributed by atoms with van der Waals surface area (Å²) in [7, 11) is 1.53. The SMILES string of the molecule is COc1cc(/C=N\NC(=O)c2ccc(C#N)cc2F)ccc1OCc1ccc(C)cc1. The standard InChI is InChI=1S/C24H20FN3O3/c1-16-3-5-17(6-4-16)15-31-22-10-8-19(12-23(22)30-2)14-27-28-24(29)20-9-7-18(13-26)11-21(20)25/h3-12,14H,15H2,1-2H3,(H,28,29)/b27-14-. The fourth-order valence-corrected chi connectivity index (χ4v) is 2.72. The van der Waals surface area contributed by atoms with Crippen molar-refractivity contribution in [2.45, 2.75) is 13.5 Å². The fourth-order valence-electron chi connectivity index (χ4n) is 2.72. The molecule has 1 amide bonds. The van der Waals surface area contributed by atoms with Crippen LogP contribution in [0.1, 0.15) is 32.6 Å². The van der Waals surface area contributed by atoms with Crippen molar-refractivity contribution in [3.05, 3.63) is 94.3 Å². The van der Waals surface area contributed by atoms with Gasteiger partial charge in [-0.3, -0.25) is 4.79 Å². The van der Waals surface area contributed by atoms with Crippen LogP contribution >= 0.6 is 0 Å². The van der Waals surface area contributed by atoms with Gasteiger partial charge in [0.2, 0.25) is 0 Å². The van der Waals surface area contributed by atoms with Gasteiger partial charge in [-0.15, -0.1) is 0 Å². The van der Waals surface area contributed by atoms with Gasteiger partial charge in [0.25, 0.3) is 5.91 Å². The van der Waals surface area contributed by atoms with Gasteiger partial charge < -0.3 is 9.47 Å². The third kappa shape index (κ3) is 5.67. The molecule has 156 valence electrons. The van der Waals surface area contributed by atoms with Crippen LogP contribution in [0.5, 0.6) is 11.5 Å². The first-order valence-electron chi connectivity index (χ1n) is 9.39. The van der Waals surface area contributed by atoms with E-state index in [1.807, 2.05) is 37.3 Å². The lowest BCUT2D eigenvalue weighted by molar-refractivity contribution is 0.0951. The normalized spacial score (nSPS) is 10.5. The van der Waals surface area contributed by atoms with E-state index in [0.717, 1.165) is 11.6 Å². The van der Waals surface area contributed by atoms with E-state index >= 15 is 0 Å². The molecule has 0 bridgehead atoms. The Morgan fingerprint density at radius 2 is 1.90 bits per heavy atom. The molecule has 6 nitrogen and oxygen atoms in total. The monoisotopic (exact) mass is 417 g/mol. The number of carbonyl (C=O) groups is 1. The Balaban J connectivity index is 1.63. The smallest absolute Gasteiger partial charge is 0.274 e. The number of nitriles is 1. The number of hydrogen-bond acceptors (Lipinski definition) is 5. The predicted octanol–water partition coefficient (Wildman–Crippen LogP) is 4.36. The number of amides is 1. The number of nitrogens with one attached hydrogen (secondary N) is 1. The van der Waals surface area contributed by atoms with Crippen LogP contribution in [0.2, 0.25) is 0 Å². The molecule has 7 heteroatoms. The highest BCUT2D eigenvalue weighted by molar-refractivity contribution is 5.95. The topological polar surface area (TPSA) is 83.7 Å². The molecule has 0 aliphatic rings. The van der Waals surface area contributed by atoms with Gasteiger partial charge in [-0.1, -0.05) is 29.8 Å². The molecule has 0 heterocycles. The molecule has 0 atom stereocenters. The third-order valence-electron chi connectivity index (χ3n) is 4.43. The number of ether oxygens (including phenoxy) is 2. The fraction of sp³-hybridized carbons (Fsp3) is 0.125. The minimum absolute atomic E-state index is 0.134. The number of aryl methyl sites for hydroxylation is 1. The molecule has 0 aromatic heterocycles. The second-order valence-electron chi connectivity index (χ2n) is 6.69. The van der Waals surface area contributed by atoms with E-state index in [4.69, 9.17) is 14.7 Å². The highest BCUT2D eigenvalue weighted by Gasteiger charge is 2.11. The maximum absolute atomic E-state index is 13.9. The average Bonchev–Trinajstić information content (AvgIpc) is 2.78. The van der Waals surface area contributed by atoms with E-state index in [9.17, 15) is 9.18 Å². The summed E-state index contributed by atoms with van der Waals surface area (Å²) in [6.07, 6.45) is 1.41. The number of halogens is 1. The molecule has 3 rings (SSSR count). The van der Waals surface area contributed by atoms with Crippen LogP contribution in [0.3, 0.4) is 0 Å². The third-order valence-corrected chi connectivity index (χ3v) is 4.43. The quantitative estimate of drug-likeness (QED) is 0.457. The molecule has 0 aliphatic carbocycles. The van der Waals surface area contributed by atoms with Crippen LogP contribution in [0, 0.1) is 24.1 Å². The lowest BCUT2D eigenvalue weighted by Crippen LogP contribution is -2.19. The molecule has 31 heavy (non-hydrogen) atoms. The number of carbonyl (C=O) groups excluding carboxylic acids is 1. The Labute approximate surface area is 179 Å². The Morgan fingerprint density at radius 3 is 2.58 bits per heavy atom. The Bertz CT molecular complexity index is 1150. The number of nitrogens with zero attached hydrogens (tertiary/aromatic N) is 2. The predicted molar refractivity (Wildman–Crippen MR) is 115 cm³/mol. The van der Waals surface area contributed by atoms with Crippen molar-refractivity contribution in [1.82, 2.24) is 5.43 Å². The minimum Gasteiger partial charge on any atom is -0.493 e. The Kier molecular flexibility index (Phi) is 6.97. The molecular formula is C24H20FN3O3. The summed E-state index contributed by atoms with van der Waals surface area (Å²) in [4.78, 5) is 12.1. The summed E-state index contributed by atoms with van der Waals surface area (Å²) in [5.74, 6) is -0.420. The molecule has 0 radical (unpaired) electrons. The van der Waals surface area contributed by atoms with Crippen molar-refractivity contribution in [2.75, 3.05) is 7.11 Å². The molecule has 0 saturated heterocycles. The van der Waals surface area contributed by atoms with Gasteiger partial charge in [-0.05, 0) is 54.4 Å². The van der Waals surface area contributed by atoms with Gasteiger partial charge in [-0.2, -0.15) is 10.4 Å². The van der Waals surface area contributed by atoms with Crippen LogP contribution in [-0.4, -0.2) is 19.2 Å². The van der Waals surface area contributed by atoms with Crippen LogP contribution in [0.4, 0.5) is 4.39 Å². The van der Waals surface area contributed by atoms with E-state index in [0.29, 0.717) is 23.7 Å². The number of benzene rings is 3. The zero-order valence-electron chi connectivity index (χ0n) is 17.1. The molecule has 0 aliphatic heterocycles. The highest BCUT2D eigenvalue weighted by atomic mass is 19.1. The molecular weight excluding hydrogens is 397 g/mol. The maximum Gasteiger partial charge on any atom is 0.274 e. The highest BCUT2D eigenvalue weighted by Crippen LogP contribution is 2.28. The first-order chi connectivity index (χ1) is 15.0. The van der Waals surface area contributed by atoms with E-state index in [2.05, 4.69) is 10.5 Å². The van der Waals surface area contributed by atoms with Gasteiger partial charge in [0.1, 0.15) is 12.4 Å². The zero-order chi connectivity index (χ0) is 22.2. The van der Waals surface area contributed by atoms with Crippen molar-refractivity contribution in [3.8, 4) is 17.6 Å². The summed E-state index contributed by atoms with van der Waals surface area (Å²) in [5, 5.41) is 12.6. The second kappa shape index (κ2) is 10.0. The molecule has 0 saturated carbocycles. The first kappa shape index (κ1) is 21.5. The van der Waals surface area contributed by atoms with Gasteiger partial charge >= 0.3 is 0 Å². The van der Waals surface area contributed by atoms with Crippen LogP contribution < -0.4 is 14.9 Å². The van der Waals surface area contributed by atoms with E-state index < -0.39 is 11.7 Å². The molecule has 3 aromatic carbocycles. The van der Waals surface area contributed by atoms with Crippen molar-refractivity contribution >= 4 is 12.1 Å². The Hall–Kier alpha value is -4.18. The molecule has 1 N–H and O–H groups in total. The molecule has 0 fully saturated rings. The van der Waals surface area contributed by atoms with Gasteiger partial charge in [0, 0.05) is 0 Å². The van der Waals surface area contributed by atoms with E-state index in [1.54, 1.807) is 18.2 Å². The summed E-state index contributed by atoms with van der Waals surface area (Å²) in [6.45, 7) is 2.42. The number of hydrogen-bond donors (Lipinski definition) is 1. The van der Waals surface area contributed by atoms with Gasteiger partial charge in [0.15, 0.2) is 11.5 Å². The van der Waals surface area contributed by atoms with Crippen LogP contribution in [-0.2, 0) is 6.61 Å². The van der Waals surface area contributed by atoms with Crippen LogP contribution in [0.15, 0.2) is 65.8 Å². The second-order valence-corrected chi connectivity index (χ2v) is 6.69. The zero-order valence-corrected chi connectivity index (χ0v) is 17.1. The maximum atomic E-state index is 13.9. The van der Waals surface area contributed by atoms with Crippen molar-refractivity contribution in [2.24, 2.45) is 5.10 Å². The number of hydrazone groups is 1. The minimum atomic E-state index is -0.788. The molecule has 0 spiro atoms. The van der Waals surface area contributed by atoms with Crippen LogP contribution in [0.25, 0.3) is 0 Å². The van der Waals surface area contributed by atoms with Crippen molar-refractivity contribution in [1.29, 1.82) is 5.26 Å². The lowest BCUT2D eigenvalue weighted by Gasteiger charge is -2.11. The summed E-state index contributed by atoms with van der Waals surface area (Å²) >= 11 is 0. The molecule has 0 unspecified atom stereocenters. The van der Waals surface area contributed by atoms with Gasteiger partial charge in [0.05, 0.1) is 30.5 Å². The summed E-state index contributed by atoms with van der Waals surface area (Å²) in [5.41, 5.74) is 5.07.